The molecule has 1 heterocycles. The van der Waals surface area contributed by atoms with E-state index in [0.29, 0.717) is 12.8 Å². The van der Waals surface area contributed by atoms with Crippen molar-refractivity contribution in [3.05, 3.63) is 59.9 Å². The van der Waals surface area contributed by atoms with Crippen molar-refractivity contribution in [2.45, 2.75) is 25.8 Å². The first kappa shape index (κ1) is 15.1. The number of rotatable bonds is 5. The number of nitrogens with one attached hydrogen (secondary N) is 2. The maximum Gasteiger partial charge on any atom is 0.220 e. The summed E-state index contributed by atoms with van der Waals surface area (Å²) in [7, 11) is 0. The molecule has 3 aromatic rings. The molecule has 0 bridgehead atoms. The van der Waals surface area contributed by atoms with Crippen LogP contribution >= 0.6 is 0 Å². The van der Waals surface area contributed by atoms with Crippen molar-refractivity contribution in [2.24, 2.45) is 0 Å². The Labute approximate surface area is 134 Å². The molecule has 118 valence electrons. The van der Waals surface area contributed by atoms with E-state index in [4.69, 9.17) is 0 Å². The molecule has 5 heteroatoms. The number of nitrogens with zero attached hydrogens (tertiary/aromatic N) is 1. The Balaban J connectivity index is 1.60. The van der Waals surface area contributed by atoms with E-state index in [0.717, 1.165) is 22.4 Å². The molecule has 2 aromatic carbocycles. The first-order valence-electron chi connectivity index (χ1n) is 7.64. The first-order valence-corrected chi connectivity index (χ1v) is 7.64. The van der Waals surface area contributed by atoms with Crippen LogP contribution in [0.3, 0.4) is 0 Å². The van der Waals surface area contributed by atoms with Crippen LogP contribution in [0.1, 0.15) is 30.8 Å². The first-order chi connectivity index (χ1) is 11.1. The predicted molar refractivity (Wildman–Crippen MR) is 89.1 cm³/mol. The second kappa shape index (κ2) is 6.52. The fourth-order valence-corrected chi connectivity index (χ4v) is 2.53. The molecule has 1 aromatic heterocycles. The number of phenolic OH excluding ortho intramolecular Hbond substituents is 1. The number of imidazole rings is 1. The summed E-state index contributed by atoms with van der Waals surface area (Å²) in [5.41, 5.74) is 2.62. The van der Waals surface area contributed by atoms with E-state index in [9.17, 15) is 9.90 Å². The van der Waals surface area contributed by atoms with Crippen molar-refractivity contribution in [1.82, 2.24) is 15.3 Å². The van der Waals surface area contributed by atoms with Gasteiger partial charge in [0, 0.05) is 6.42 Å². The van der Waals surface area contributed by atoms with Crippen molar-refractivity contribution < 1.29 is 9.90 Å². The van der Waals surface area contributed by atoms with E-state index in [2.05, 4.69) is 15.3 Å². The quantitative estimate of drug-likeness (QED) is 0.678. The van der Waals surface area contributed by atoms with Gasteiger partial charge in [0.15, 0.2) is 0 Å². The van der Waals surface area contributed by atoms with Gasteiger partial charge in [0.1, 0.15) is 11.6 Å². The maximum absolute atomic E-state index is 12.1. The van der Waals surface area contributed by atoms with Crippen LogP contribution in [0.5, 0.6) is 5.75 Å². The Morgan fingerprint density at radius 1 is 1.22 bits per heavy atom. The number of amides is 1. The number of aromatic amines is 1. The smallest absolute Gasteiger partial charge is 0.220 e. The van der Waals surface area contributed by atoms with Gasteiger partial charge >= 0.3 is 0 Å². The number of aryl methyl sites for hydroxylation is 1. The Morgan fingerprint density at radius 3 is 2.74 bits per heavy atom. The van der Waals surface area contributed by atoms with Gasteiger partial charge in [-0.15, -0.1) is 0 Å². The average Bonchev–Trinajstić information content (AvgIpc) is 2.98. The van der Waals surface area contributed by atoms with E-state index in [1.54, 1.807) is 12.1 Å². The number of aromatic hydroxyl groups is 1. The summed E-state index contributed by atoms with van der Waals surface area (Å²) in [6.45, 7) is 1.90. The van der Waals surface area contributed by atoms with E-state index in [-0.39, 0.29) is 17.7 Å². The number of fused-ring (bicyclic) bond motifs is 1. The molecule has 0 aliphatic carbocycles. The van der Waals surface area contributed by atoms with Crippen LogP contribution in [0, 0.1) is 0 Å². The van der Waals surface area contributed by atoms with Crippen molar-refractivity contribution in [3.63, 3.8) is 0 Å². The maximum atomic E-state index is 12.1. The Hall–Kier alpha value is -2.82. The number of H-pyrrole nitrogens is 1. The molecule has 3 rings (SSSR count). The minimum atomic E-state index is -0.195. The minimum Gasteiger partial charge on any atom is -0.508 e. The highest BCUT2D eigenvalue weighted by molar-refractivity contribution is 5.77. The van der Waals surface area contributed by atoms with Crippen LogP contribution in [-0.2, 0) is 11.2 Å². The van der Waals surface area contributed by atoms with Crippen LogP contribution in [0.2, 0.25) is 0 Å². The lowest BCUT2D eigenvalue weighted by Gasteiger charge is -2.11. The van der Waals surface area contributed by atoms with E-state index in [1.807, 2.05) is 43.3 Å². The number of benzene rings is 2. The van der Waals surface area contributed by atoms with Crippen LogP contribution in [0.25, 0.3) is 11.0 Å². The van der Waals surface area contributed by atoms with Gasteiger partial charge in [-0.1, -0.05) is 30.3 Å². The molecule has 0 unspecified atom stereocenters. The zero-order chi connectivity index (χ0) is 16.2. The van der Waals surface area contributed by atoms with E-state index in [1.165, 1.54) is 0 Å². The van der Waals surface area contributed by atoms with Gasteiger partial charge in [-0.3, -0.25) is 4.79 Å². The molecule has 0 saturated carbocycles. The summed E-state index contributed by atoms with van der Waals surface area (Å²) >= 11 is 0. The lowest BCUT2D eigenvalue weighted by atomic mass is 10.1. The molecular formula is C18H19N3O2. The topological polar surface area (TPSA) is 78.0 Å². The average molecular weight is 309 g/mol. The van der Waals surface area contributed by atoms with Gasteiger partial charge in [0.25, 0.3) is 0 Å². The van der Waals surface area contributed by atoms with Crippen LogP contribution < -0.4 is 5.32 Å². The highest BCUT2D eigenvalue weighted by atomic mass is 16.3. The summed E-state index contributed by atoms with van der Waals surface area (Å²) in [6, 6.07) is 14.6. The van der Waals surface area contributed by atoms with Gasteiger partial charge in [-0.2, -0.15) is 0 Å². The van der Waals surface area contributed by atoms with Gasteiger partial charge in [-0.05, 0) is 37.1 Å². The number of carbonyl (C=O) groups excluding carboxylic acids is 1. The summed E-state index contributed by atoms with van der Waals surface area (Å²) in [5.74, 6) is 0.897. The molecular weight excluding hydrogens is 290 g/mol. The molecule has 0 aliphatic heterocycles. The molecule has 0 radical (unpaired) electrons. The predicted octanol–water partition coefficient (Wildman–Crippen LogP) is 3.08. The van der Waals surface area contributed by atoms with Gasteiger partial charge in [0.2, 0.25) is 5.91 Å². The van der Waals surface area contributed by atoms with E-state index < -0.39 is 0 Å². The SMILES string of the molecule is C[C@@H](NC(=O)CCc1ccccc1O)c1nc2ccccc2[nH]1. The van der Waals surface area contributed by atoms with E-state index >= 15 is 0 Å². The summed E-state index contributed by atoms with van der Waals surface area (Å²) < 4.78 is 0. The van der Waals surface area contributed by atoms with Gasteiger partial charge < -0.3 is 15.4 Å². The zero-order valence-corrected chi connectivity index (χ0v) is 12.9. The number of aromatic nitrogens is 2. The largest absolute Gasteiger partial charge is 0.508 e. The normalized spacial score (nSPS) is 12.2. The van der Waals surface area contributed by atoms with Crippen molar-refractivity contribution in [1.29, 1.82) is 0 Å². The highest BCUT2D eigenvalue weighted by Gasteiger charge is 2.14. The number of phenols is 1. The third-order valence-electron chi connectivity index (χ3n) is 3.81. The summed E-state index contributed by atoms with van der Waals surface area (Å²) in [6.07, 6.45) is 0.827. The molecule has 5 nitrogen and oxygen atoms in total. The molecule has 0 fully saturated rings. The Bertz CT molecular complexity index is 793. The molecule has 3 N–H and O–H groups in total. The second-order valence-corrected chi connectivity index (χ2v) is 5.56. The number of carbonyl (C=O) groups is 1. The second-order valence-electron chi connectivity index (χ2n) is 5.56. The fraction of sp³-hybridized carbons (Fsp3) is 0.222. The minimum absolute atomic E-state index is 0.0683. The highest BCUT2D eigenvalue weighted by Crippen LogP contribution is 2.18. The third-order valence-corrected chi connectivity index (χ3v) is 3.81. The van der Waals surface area contributed by atoms with Crippen LogP contribution in [0.4, 0.5) is 0 Å². The van der Waals surface area contributed by atoms with Crippen LogP contribution in [0.15, 0.2) is 48.5 Å². The van der Waals surface area contributed by atoms with Gasteiger partial charge in [-0.25, -0.2) is 4.98 Å². The molecule has 0 aliphatic rings. The summed E-state index contributed by atoms with van der Waals surface area (Å²) in [5, 5.41) is 12.6. The standard InChI is InChI=1S/C18H19N3O2/c1-12(18-20-14-7-3-4-8-15(14)21-18)19-17(23)11-10-13-6-2-5-9-16(13)22/h2-9,12,22H,10-11H2,1H3,(H,19,23)(H,20,21)/t12-/m1/s1. The fourth-order valence-electron chi connectivity index (χ4n) is 2.53. The molecule has 23 heavy (non-hydrogen) atoms. The monoisotopic (exact) mass is 309 g/mol. The summed E-state index contributed by atoms with van der Waals surface area (Å²) in [4.78, 5) is 19.8. The van der Waals surface area contributed by atoms with Crippen molar-refractivity contribution in [3.8, 4) is 5.75 Å². The Kier molecular flexibility index (Phi) is 4.28. The number of hydrogen-bond donors (Lipinski definition) is 3. The third kappa shape index (κ3) is 3.51. The zero-order valence-electron chi connectivity index (χ0n) is 12.9. The number of hydrogen-bond acceptors (Lipinski definition) is 3. The molecule has 0 spiro atoms. The number of para-hydroxylation sites is 3. The molecule has 1 amide bonds. The van der Waals surface area contributed by atoms with Crippen molar-refractivity contribution in [2.75, 3.05) is 0 Å². The van der Waals surface area contributed by atoms with Gasteiger partial charge in [0.05, 0.1) is 17.1 Å². The van der Waals surface area contributed by atoms with Crippen molar-refractivity contribution >= 4 is 16.9 Å². The Morgan fingerprint density at radius 2 is 1.96 bits per heavy atom. The lowest BCUT2D eigenvalue weighted by Crippen LogP contribution is -2.27. The molecule has 1 atom stereocenters. The molecule has 0 saturated heterocycles. The lowest BCUT2D eigenvalue weighted by molar-refractivity contribution is -0.121. The van der Waals surface area contributed by atoms with Crippen LogP contribution in [-0.4, -0.2) is 21.0 Å².